The number of ether oxygens (including phenoxy) is 2. The van der Waals surface area contributed by atoms with Crippen LogP contribution in [-0.2, 0) is 15.9 Å². The van der Waals surface area contributed by atoms with Gasteiger partial charge in [0.2, 0.25) is 5.95 Å². The summed E-state index contributed by atoms with van der Waals surface area (Å²) in [4.78, 5) is 13.0. The van der Waals surface area contributed by atoms with E-state index in [0.29, 0.717) is 19.2 Å². The Kier molecular flexibility index (Phi) is 4.94. The van der Waals surface area contributed by atoms with E-state index in [-0.39, 0.29) is 5.79 Å². The summed E-state index contributed by atoms with van der Waals surface area (Å²) in [5.41, 5.74) is 1.24. The minimum absolute atomic E-state index is 0.374. The van der Waals surface area contributed by atoms with Gasteiger partial charge in [-0.2, -0.15) is 10.1 Å². The van der Waals surface area contributed by atoms with E-state index in [2.05, 4.69) is 20.1 Å². The van der Waals surface area contributed by atoms with Gasteiger partial charge in [-0.3, -0.25) is 4.98 Å². The molecule has 26 heavy (non-hydrogen) atoms. The van der Waals surface area contributed by atoms with Crippen molar-refractivity contribution in [3.63, 3.8) is 0 Å². The normalized spacial score (nSPS) is 19.0. The van der Waals surface area contributed by atoms with E-state index >= 15 is 0 Å². The lowest BCUT2D eigenvalue weighted by Gasteiger charge is -2.38. The number of aromatic nitrogens is 4. The van der Waals surface area contributed by atoms with Crippen molar-refractivity contribution < 1.29 is 9.47 Å². The van der Waals surface area contributed by atoms with Crippen molar-refractivity contribution >= 4 is 11.8 Å². The van der Waals surface area contributed by atoms with Crippen LogP contribution >= 0.6 is 0 Å². The third-order valence-corrected chi connectivity index (χ3v) is 5.02. The average Bonchev–Trinajstić information content (AvgIpc) is 3.15. The second-order valence-electron chi connectivity index (χ2n) is 6.74. The van der Waals surface area contributed by atoms with E-state index in [1.807, 2.05) is 36.5 Å². The van der Waals surface area contributed by atoms with Gasteiger partial charge in [-0.25, -0.2) is 0 Å². The van der Waals surface area contributed by atoms with Crippen molar-refractivity contribution in [1.29, 1.82) is 0 Å². The third kappa shape index (κ3) is 3.76. The fraction of sp³-hybridized carbons (Fsp3) is 0.556. The molecule has 8 nitrogen and oxygen atoms in total. The number of rotatable bonds is 5. The van der Waals surface area contributed by atoms with Crippen LogP contribution < -0.4 is 9.80 Å². The predicted octanol–water partition coefficient (Wildman–Crippen LogP) is 1.29. The molecular formula is C18H24N6O2. The second-order valence-corrected chi connectivity index (χ2v) is 6.74. The van der Waals surface area contributed by atoms with E-state index < -0.39 is 0 Å². The Morgan fingerprint density at radius 2 is 1.88 bits per heavy atom. The Balaban J connectivity index is 1.37. The van der Waals surface area contributed by atoms with Gasteiger partial charge in [0.1, 0.15) is 0 Å². The van der Waals surface area contributed by atoms with Crippen molar-refractivity contribution in [1.82, 2.24) is 20.2 Å². The first-order chi connectivity index (χ1) is 12.7. The van der Waals surface area contributed by atoms with Crippen molar-refractivity contribution in [2.75, 3.05) is 49.7 Å². The first-order valence-electron chi connectivity index (χ1n) is 9.07. The lowest BCUT2D eigenvalue weighted by molar-refractivity contribution is -0.169. The van der Waals surface area contributed by atoms with Gasteiger partial charge in [0, 0.05) is 51.9 Å². The summed E-state index contributed by atoms with van der Waals surface area (Å²) in [5.74, 6) is 1.13. The predicted molar refractivity (Wildman–Crippen MR) is 97.1 cm³/mol. The molecule has 2 aliphatic rings. The molecule has 0 aliphatic carbocycles. The SMILES string of the molecule is CN(CCc1ccncc1)c1nncc(N2CCC3(CC2)OCCO3)n1. The van der Waals surface area contributed by atoms with E-state index in [0.717, 1.165) is 44.7 Å². The van der Waals surface area contributed by atoms with Crippen molar-refractivity contribution in [3.05, 3.63) is 36.3 Å². The summed E-state index contributed by atoms with van der Waals surface area (Å²) in [5, 5.41) is 8.35. The molecule has 0 bridgehead atoms. The number of hydrogen-bond acceptors (Lipinski definition) is 8. The monoisotopic (exact) mass is 356 g/mol. The van der Waals surface area contributed by atoms with E-state index in [1.54, 1.807) is 6.20 Å². The molecule has 0 saturated carbocycles. The van der Waals surface area contributed by atoms with Crippen molar-refractivity contribution in [2.45, 2.75) is 25.0 Å². The summed E-state index contributed by atoms with van der Waals surface area (Å²) in [6.07, 6.45) is 7.97. The molecule has 2 aromatic rings. The molecule has 2 aromatic heterocycles. The van der Waals surface area contributed by atoms with Gasteiger partial charge in [-0.05, 0) is 24.1 Å². The Labute approximate surface area is 153 Å². The maximum absolute atomic E-state index is 5.79. The standard InChI is InChI=1S/C18H24N6O2/c1-23(9-4-15-2-7-19-8-3-15)17-21-16(14-20-22-17)24-10-5-18(6-11-24)25-12-13-26-18/h2-3,7-8,14H,4-6,9-13H2,1H3. The van der Waals surface area contributed by atoms with Gasteiger partial charge in [0.05, 0.1) is 19.4 Å². The van der Waals surface area contributed by atoms with Gasteiger partial charge < -0.3 is 19.3 Å². The quantitative estimate of drug-likeness (QED) is 0.793. The largest absolute Gasteiger partial charge is 0.355 e. The molecular weight excluding hydrogens is 332 g/mol. The molecule has 4 heterocycles. The first kappa shape index (κ1) is 17.1. The zero-order chi connectivity index (χ0) is 17.8. The highest BCUT2D eigenvalue weighted by Crippen LogP contribution is 2.32. The van der Waals surface area contributed by atoms with Crippen LogP contribution in [0.1, 0.15) is 18.4 Å². The zero-order valence-electron chi connectivity index (χ0n) is 15.0. The van der Waals surface area contributed by atoms with Crippen molar-refractivity contribution in [3.8, 4) is 0 Å². The molecule has 2 saturated heterocycles. The first-order valence-corrected chi connectivity index (χ1v) is 9.07. The van der Waals surface area contributed by atoms with Crippen LogP contribution in [0.15, 0.2) is 30.7 Å². The fourth-order valence-electron chi connectivity index (χ4n) is 3.41. The van der Waals surface area contributed by atoms with Crippen LogP contribution in [0.4, 0.5) is 11.8 Å². The molecule has 0 aromatic carbocycles. The molecule has 2 fully saturated rings. The summed E-state index contributed by atoms with van der Waals surface area (Å²) in [7, 11) is 1.99. The molecule has 0 atom stereocenters. The minimum Gasteiger partial charge on any atom is -0.355 e. The summed E-state index contributed by atoms with van der Waals surface area (Å²) < 4.78 is 11.6. The topological polar surface area (TPSA) is 76.5 Å². The number of piperidine rings is 1. The number of likely N-dealkylation sites (N-methyl/N-ethyl adjacent to an activating group) is 1. The maximum atomic E-state index is 5.79. The second kappa shape index (κ2) is 7.51. The maximum Gasteiger partial charge on any atom is 0.247 e. The Morgan fingerprint density at radius 3 is 2.62 bits per heavy atom. The Morgan fingerprint density at radius 1 is 1.15 bits per heavy atom. The molecule has 0 amide bonds. The van der Waals surface area contributed by atoms with Crippen LogP contribution in [0, 0.1) is 0 Å². The molecule has 2 aliphatic heterocycles. The molecule has 138 valence electrons. The molecule has 4 rings (SSSR count). The van der Waals surface area contributed by atoms with Gasteiger partial charge in [0.15, 0.2) is 11.6 Å². The van der Waals surface area contributed by atoms with E-state index in [4.69, 9.17) is 14.5 Å². The lowest BCUT2D eigenvalue weighted by Crippen LogP contribution is -2.45. The summed E-state index contributed by atoms with van der Waals surface area (Å²) in [6.45, 7) is 3.90. The number of nitrogens with zero attached hydrogens (tertiary/aromatic N) is 6. The average molecular weight is 356 g/mol. The highest BCUT2D eigenvalue weighted by Gasteiger charge is 2.40. The molecule has 0 radical (unpaired) electrons. The van der Waals surface area contributed by atoms with Crippen LogP contribution in [-0.4, -0.2) is 65.8 Å². The van der Waals surface area contributed by atoms with Gasteiger partial charge in [-0.1, -0.05) is 0 Å². The van der Waals surface area contributed by atoms with Gasteiger partial charge in [0.25, 0.3) is 0 Å². The number of hydrogen-bond donors (Lipinski definition) is 0. The Hall–Kier alpha value is -2.32. The summed E-state index contributed by atoms with van der Waals surface area (Å²) >= 11 is 0. The molecule has 1 spiro atoms. The minimum atomic E-state index is -0.374. The molecule has 8 heteroatoms. The number of anilines is 2. The molecule has 0 unspecified atom stereocenters. The highest BCUT2D eigenvalue weighted by atomic mass is 16.7. The van der Waals surface area contributed by atoms with Crippen LogP contribution in [0.2, 0.25) is 0 Å². The zero-order valence-corrected chi connectivity index (χ0v) is 15.0. The molecule has 0 N–H and O–H groups in total. The van der Waals surface area contributed by atoms with E-state index in [9.17, 15) is 0 Å². The smallest absolute Gasteiger partial charge is 0.247 e. The number of pyridine rings is 1. The lowest BCUT2D eigenvalue weighted by atomic mass is 10.0. The van der Waals surface area contributed by atoms with Crippen LogP contribution in [0.3, 0.4) is 0 Å². The van der Waals surface area contributed by atoms with Gasteiger partial charge in [-0.15, -0.1) is 5.10 Å². The highest BCUT2D eigenvalue weighted by molar-refractivity contribution is 5.42. The Bertz CT molecular complexity index is 713. The van der Waals surface area contributed by atoms with Gasteiger partial charge >= 0.3 is 0 Å². The fourth-order valence-corrected chi connectivity index (χ4v) is 3.41. The van der Waals surface area contributed by atoms with E-state index in [1.165, 1.54) is 5.56 Å². The summed E-state index contributed by atoms with van der Waals surface area (Å²) in [6, 6.07) is 4.06. The van der Waals surface area contributed by atoms with Crippen LogP contribution in [0.5, 0.6) is 0 Å². The third-order valence-electron chi connectivity index (χ3n) is 5.02. The van der Waals surface area contributed by atoms with Crippen molar-refractivity contribution in [2.24, 2.45) is 0 Å². The van der Waals surface area contributed by atoms with Crippen LogP contribution in [0.25, 0.3) is 0 Å².